The number of allylic oxidation sites excluding steroid dienone is 2. The lowest BCUT2D eigenvalue weighted by molar-refractivity contribution is -0.137. The Kier molecular flexibility index (Phi) is 11.2. The predicted octanol–water partition coefficient (Wildman–Crippen LogP) is 3.38. The molecule has 0 atom stereocenters. The largest absolute Gasteiger partial charge is 0.481 e. The lowest BCUT2D eigenvalue weighted by atomic mass is 10.2. The first kappa shape index (κ1) is 15.3. The highest BCUT2D eigenvalue weighted by molar-refractivity contribution is 5.66. The zero-order valence-electron chi connectivity index (χ0n) is 10.5. The molecule has 0 saturated carbocycles. The summed E-state index contributed by atoms with van der Waals surface area (Å²) in [4.78, 5) is 10.2. The summed E-state index contributed by atoms with van der Waals surface area (Å²) < 4.78 is 0. The molecule has 0 radical (unpaired) electrons. The molecule has 1 N–H and O–H groups in total. The Hall–Kier alpha value is -1.67. The fourth-order valence-corrected chi connectivity index (χ4v) is 1.14. The Labute approximate surface area is 104 Å². The number of hydrogen-bond donors (Lipinski definition) is 1. The standard InChI is InChI=1S/C15H20O2/c1-2-3-4-5-6-7-8-9-10-11-12-13-14-15(16)17/h5-6H,2-4,11-14H2,1H3,(H,16,17)/b6-5+. The van der Waals surface area contributed by atoms with Crippen LogP contribution in [-0.2, 0) is 4.79 Å². The van der Waals surface area contributed by atoms with E-state index in [1.165, 1.54) is 12.8 Å². The molecular weight excluding hydrogens is 212 g/mol. The Balaban J connectivity index is 3.50. The Bertz CT molecular complexity index is 345. The minimum Gasteiger partial charge on any atom is -0.481 e. The van der Waals surface area contributed by atoms with Crippen LogP contribution >= 0.6 is 0 Å². The maximum absolute atomic E-state index is 10.2. The number of aliphatic carboxylic acids is 1. The van der Waals surface area contributed by atoms with Gasteiger partial charge in [0, 0.05) is 12.8 Å². The van der Waals surface area contributed by atoms with Crippen molar-refractivity contribution in [3.8, 4) is 23.7 Å². The molecule has 0 rings (SSSR count). The third-order valence-corrected chi connectivity index (χ3v) is 2.09. The van der Waals surface area contributed by atoms with Gasteiger partial charge in [-0.3, -0.25) is 4.79 Å². The summed E-state index contributed by atoms with van der Waals surface area (Å²) in [5.41, 5.74) is 0. The van der Waals surface area contributed by atoms with Gasteiger partial charge in [-0.05, 0) is 37.2 Å². The third-order valence-electron chi connectivity index (χ3n) is 2.09. The van der Waals surface area contributed by atoms with Crippen LogP contribution in [0.3, 0.4) is 0 Å². The number of hydrogen-bond acceptors (Lipinski definition) is 1. The summed E-state index contributed by atoms with van der Waals surface area (Å²) in [6.45, 7) is 2.16. The van der Waals surface area contributed by atoms with Crippen LogP contribution in [0.5, 0.6) is 0 Å². The Morgan fingerprint density at radius 3 is 2.76 bits per heavy atom. The van der Waals surface area contributed by atoms with Crippen molar-refractivity contribution < 1.29 is 9.90 Å². The summed E-state index contributed by atoms with van der Waals surface area (Å²) in [5, 5.41) is 8.41. The highest BCUT2D eigenvalue weighted by atomic mass is 16.4. The van der Waals surface area contributed by atoms with Crippen LogP contribution in [0.4, 0.5) is 0 Å². The number of unbranched alkanes of at least 4 members (excludes halogenated alkanes) is 4. The van der Waals surface area contributed by atoms with Crippen molar-refractivity contribution >= 4 is 5.97 Å². The van der Waals surface area contributed by atoms with Gasteiger partial charge >= 0.3 is 5.97 Å². The van der Waals surface area contributed by atoms with E-state index < -0.39 is 5.97 Å². The van der Waals surface area contributed by atoms with Gasteiger partial charge < -0.3 is 5.11 Å². The Morgan fingerprint density at radius 2 is 2.06 bits per heavy atom. The normalized spacial score (nSPS) is 9.24. The van der Waals surface area contributed by atoms with Crippen LogP contribution in [0.15, 0.2) is 12.2 Å². The minimum absolute atomic E-state index is 0.230. The fraction of sp³-hybridized carbons (Fsp3) is 0.533. The molecule has 2 nitrogen and oxygen atoms in total. The first-order valence-electron chi connectivity index (χ1n) is 6.12. The van der Waals surface area contributed by atoms with Crippen LogP contribution in [0.1, 0.15) is 51.9 Å². The van der Waals surface area contributed by atoms with E-state index in [9.17, 15) is 4.79 Å². The van der Waals surface area contributed by atoms with Gasteiger partial charge in [0.05, 0.1) is 0 Å². The SMILES string of the molecule is CCCC/C=C/C#CC#CCCCCC(=O)O. The molecule has 0 heterocycles. The summed E-state index contributed by atoms with van der Waals surface area (Å²) in [6.07, 6.45) is 9.85. The molecule has 0 aliphatic heterocycles. The second-order valence-corrected chi connectivity index (χ2v) is 3.72. The van der Waals surface area contributed by atoms with E-state index in [0.29, 0.717) is 6.42 Å². The molecular formula is C15H20O2. The Morgan fingerprint density at radius 1 is 1.24 bits per heavy atom. The number of carboxylic acid groups (broad SMARTS) is 1. The molecule has 0 spiro atoms. The molecule has 0 aromatic rings. The van der Waals surface area contributed by atoms with Crippen LogP contribution < -0.4 is 0 Å². The van der Waals surface area contributed by atoms with Gasteiger partial charge in [0.15, 0.2) is 0 Å². The topological polar surface area (TPSA) is 37.3 Å². The zero-order chi connectivity index (χ0) is 12.8. The van der Waals surface area contributed by atoms with Crippen molar-refractivity contribution in [3.05, 3.63) is 12.2 Å². The second kappa shape index (κ2) is 12.4. The van der Waals surface area contributed by atoms with Gasteiger partial charge in [0.1, 0.15) is 0 Å². The molecule has 0 amide bonds. The average Bonchev–Trinajstić information content (AvgIpc) is 2.30. The minimum atomic E-state index is -0.741. The average molecular weight is 232 g/mol. The molecule has 0 unspecified atom stereocenters. The van der Waals surface area contributed by atoms with Crippen molar-refractivity contribution in [1.29, 1.82) is 0 Å². The molecule has 0 aliphatic carbocycles. The third kappa shape index (κ3) is 14.3. The monoisotopic (exact) mass is 232 g/mol. The quantitative estimate of drug-likeness (QED) is 0.539. The van der Waals surface area contributed by atoms with Crippen molar-refractivity contribution in [2.75, 3.05) is 0 Å². The number of carbonyl (C=O) groups is 1. The second-order valence-electron chi connectivity index (χ2n) is 3.72. The van der Waals surface area contributed by atoms with E-state index in [2.05, 4.69) is 36.7 Å². The van der Waals surface area contributed by atoms with Crippen molar-refractivity contribution in [1.82, 2.24) is 0 Å². The number of carboxylic acids is 1. The van der Waals surface area contributed by atoms with Gasteiger partial charge in [-0.2, -0.15) is 0 Å². The maximum Gasteiger partial charge on any atom is 0.303 e. The van der Waals surface area contributed by atoms with Crippen LogP contribution in [0.2, 0.25) is 0 Å². The highest BCUT2D eigenvalue weighted by Crippen LogP contribution is 1.97. The van der Waals surface area contributed by atoms with Gasteiger partial charge in [-0.1, -0.05) is 37.7 Å². The fourth-order valence-electron chi connectivity index (χ4n) is 1.14. The molecule has 92 valence electrons. The molecule has 0 aromatic heterocycles. The van der Waals surface area contributed by atoms with Gasteiger partial charge in [0.25, 0.3) is 0 Å². The van der Waals surface area contributed by atoms with Crippen molar-refractivity contribution in [3.63, 3.8) is 0 Å². The molecule has 0 saturated heterocycles. The summed E-state index contributed by atoms with van der Waals surface area (Å²) >= 11 is 0. The lowest BCUT2D eigenvalue weighted by Crippen LogP contribution is -1.92. The molecule has 0 fully saturated rings. The van der Waals surface area contributed by atoms with E-state index in [-0.39, 0.29) is 6.42 Å². The summed E-state index contributed by atoms with van der Waals surface area (Å²) in [6, 6.07) is 0. The molecule has 2 heteroatoms. The van der Waals surface area contributed by atoms with Crippen molar-refractivity contribution in [2.24, 2.45) is 0 Å². The highest BCUT2D eigenvalue weighted by Gasteiger charge is 1.93. The molecule has 0 aliphatic rings. The van der Waals surface area contributed by atoms with Crippen LogP contribution in [0.25, 0.3) is 0 Å². The van der Waals surface area contributed by atoms with Gasteiger partial charge in [0.2, 0.25) is 0 Å². The first-order valence-corrected chi connectivity index (χ1v) is 6.12. The van der Waals surface area contributed by atoms with Crippen LogP contribution in [0, 0.1) is 23.7 Å². The predicted molar refractivity (Wildman–Crippen MR) is 70.3 cm³/mol. The molecule has 0 bridgehead atoms. The molecule has 17 heavy (non-hydrogen) atoms. The summed E-state index contributed by atoms with van der Waals surface area (Å²) in [7, 11) is 0. The van der Waals surface area contributed by atoms with Gasteiger partial charge in [-0.25, -0.2) is 0 Å². The zero-order valence-corrected chi connectivity index (χ0v) is 10.5. The van der Waals surface area contributed by atoms with Crippen molar-refractivity contribution in [2.45, 2.75) is 51.9 Å². The molecule has 0 aromatic carbocycles. The van der Waals surface area contributed by atoms with Gasteiger partial charge in [-0.15, -0.1) is 0 Å². The van der Waals surface area contributed by atoms with E-state index in [0.717, 1.165) is 19.3 Å². The lowest BCUT2D eigenvalue weighted by Gasteiger charge is -1.90. The van der Waals surface area contributed by atoms with E-state index in [1.54, 1.807) is 0 Å². The maximum atomic E-state index is 10.2. The number of rotatable bonds is 7. The summed E-state index contributed by atoms with van der Waals surface area (Å²) in [5.74, 6) is 10.5. The van der Waals surface area contributed by atoms with E-state index in [1.807, 2.05) is 6.08 Å². The first-order chi connectivity index (χ1) is 8.27. The smallest absolute Gasteiger partial charge is 0.303 e. The van der Waals surface area contributed by atoms with E-state index in [4.69, 9.17) is 5.11 Å². The van der Waals surface area contributed by atoms with Crippen LogP contribution in [-0.4, -0.2) is 11.1 Å². The van der Waals surface area contributed by atoms with E-state index >= 15 is 0 Å².